The summed E-state index contributed by atoms with van der Waals surface area (Å²) in [4.78, 5) is 14.3. The fraction of sp³-hybridized carbons (Fsp3) is 0.842. The second-order valence-corrected chi connectivity index (χ2v) is 8.35. The Morgan fingerprint density at radius 2 is 2.00 bits per heavy atom. The third-order valence-corrected chi connectivity index (χ3v) is 4.68. The lowest BCUT2D eigenvalue weighted by Gasteiger charge is -2.37. The highest BCUT2D eigenvalue weighted by molar-refractivity contribution is 5.70. The molecule has 2 unspecified atom stereocenters. The first-order chi connectivity index (χ1) is 11.1. The van der Waals surface area contributed by atoms with Crippen LogP contribution in [-0.2, 0) is 9.47 Å². The predicted octanol–water partition coefficient (Wildman–Crippen LogP) is 4.00. The van der Waals surface area contributed by atoms with Crippen molar-refractivity contribution in [1.82, 2.24) is 4.90 Å². The summed E-state index contributed by atoms with van der Waals surface area (Å²) in [6.45, 7) is 9.55. The molecular formula is C19H33NO4. The Balaban J connectivity index is 2.18. The number of hydrogen-bond donors (Lipinski definition) is 1. The average Bonchev–Trinajstić information content (AvgIpc) is 2.71. The van der Waals surface area contributed by atoms with Crippen molar-refractivity contribution in [3.05, 3.63) is 11.6 Å². The highest BCUT2D eigenvalue weighted by atomic mass is 16.6. The predicted molar refractivity (Wildman–Crippen MR) is 93.7 cm³/mol. The van der Waals surface area contributed by atoms with Crippen LogP contribution in [0.25, 0.3) is 0 Å². The highest BCUT2D eigenvalue weighted by Gasteiger charge is 2.48. The molecule has 1 heterocycles. The van der Waals surface area contributed by atoms with Crippen LogP contribution < -0.4 is 0 Å². The van der Waals surface area contributed by atoms with Gasteiger partial charge in [-0.05, 0) is 65.9 Å². The van der Waals surface area contributed by atoms with Crippen molar-refractivity contribution < 1.29 is 19.4 Å². The van der Waals surface area contributed by atoms with E-state index in [9.17, 15) is 9.90 Å². The molecule has 2 rings (SSSR count). The van der Waals surface area contributed by atoms with E-state index >= 15 is 0 Å². The van der Waals surface area contributed by atoms with E-state index in [1.165, 1.54) is 19.3 Å². The summed E-state index contributed by atoms with van der Waals surface area (Å²) in [6.07, 6.45) is 7.62. The van der Waals surface area contributed by atoms with Crippen molar-refractivity contribution in [3.63, 3.8) is 0 Å². The van der Waals surface area contributed by atoms with Gasteiger partial charge in [0.15, 0.2) is 0 Å². The first-order valence-electron chi connectivity index (χ1n) is 9.15. The lowest BCUT2D eigenvalue weighted by atomic mass is 9.92. The third-order valence-electron chi connectivity index (χ3n) is 4.68. The second kappa shape index (κ2) is 7.44. The van der Waals surface area contributed by atoms with Crippen molar-refractivity contribution in [3.8, 4) is 0 Å². The van der Waals surface area contributed by atoms with E-state index in [4.69, 9.17) is 9.47 Å². The molecule has 1 saturated heterocycles. The molecule has 0 aromatic rings. The number of carbonyl (C=O) groups is 1. The maximum Gasteiger partial charge on any atom is 0.413 e. The van der Waals surface area contributed by atoms with Crippen LogP contribution in [0.15, 0.2) is 11.6 Å². The standard InChI is InChI=1S/C19H33NO4/c1-18(2,3)24-17(22)20-15(13-23-19(20,4)5)16(21)14-11-9-7-6-8-10-12-14/h11,15-16,21H,6-10,12-13H2,1-5H3/b14-11+. The zero-order valence-corrected chi connectivity index (χ0v) is 15.8. The molecule has 0 aromatic carbocycles. The first kappa shape index (κ1) is 19.3. The molecule has 2 atom stereocenters. The monoisotopic (exact) mass is 339 g/mol. The van der Waals surface area contributed by atoms with Gasteiger partial charge in [0.1, 0.15) is 11.3 Å². The van der Waals surface area contributed by atoms with Crippen molar-refractivity contribution in [2.45, 2.75) is 96.6 Å². The van der Waals surface area contributed by atoms with Crippen LogP contribution in [0.5, 0.6) is 0 Å². The lowest BCUT2D eigenvalue weighted by Crippen LogP contribution is -2.53. The molecule has 138 valence electrons. The second-order valence-electron chi connectivity index (χ2n) is 8.35. The molecule has 1 fully saturated rings. The van der Waals surface area contributed by atoms with E-state index in [0.29, 0.717) is 6.61 Å². The minimum atomic E-state index is -0.782. The van der Waals surface area contributed by atoms with E-state index in [1.54, 1.807) is 4.90 Å². The van der Waals surface area contributed by atoms with Crippen LogP contribution in [0, 0.1) is 0 Å². The fourth-order valence-electron chi connectivity index (χ4n) is 3.46. The van der Waals surface area contributed by atoms with Crippen LogP contribution in [0.2, 0.25) is 0 Å². The molecule has 1 amide bonds. The van der Waals surface area contributed by atoms with E-state index in [1.807, 2.05) is 34.6 Å². The van der Waals surface area contributed by atoms with Crippen LogP contribution in [0.1, 0.15) is 73.1 Å². The Labute approximate surface area is 146 Å². The van der Waals surface area contributed by atoms with Crippen molar-refractivity contribution in [1.29, 1.82) is 0 Å². The minimum absolute atomic E-state index is 0.324. The highest BCUT2D eigenvalue weighted by Crippen LogP contribution is 2.34. The van der Waals surface area contributed by atoms with Crippen LogP contribution in [-0.4, -0.2) is 46.2 Å². The summed E-state index contributed by atoms with van der Waals surface area (Å²) in [7, 11) is 0. The van der Waals surface area contributed by atoms with E-state index in [-0.39, 0.29) is 0 Å². The molecule has 5 heteroatoms. The van der Waals surface area contributed by atoms with Gasteiger partial charge in [0.2, 0.25) is 0 Å². The van der Waals surface area contributed by atoms with Gasteiger partial charge in [0.25, 0.3) is 0 Å². The zero-order valence-electron chi connectivity index (χ0n) is 15.8. The molecule has 1 aliphatic carbocycles. The summed E-state index contributed by atoms with van der Waals surface area (Å²) in [5, 5.41) is 10.9. The fourth-order valence-corrected chi connectivity index (χ4v) is 3.46. The first-order valence-corrected chi connectivity index (χ1v) is 9.15. The van der Waals surface area contributed by atoms with Crippen molar-refractivity contribution in [2.24, 2.45) is 0 Å². The molecular weight excluding hydrogens is 306 g/mol. The van der Waals surface area contributed by atoms with Gasteiger partial charge in [-0.2, -0.15) is 0 Å². The molecule has 0 bridgehead atoms. The summed E-state index contributed by atoms with van der Waals surface area (Å²) in [6, 6.07) is -0.402. The quantitative estimate of drug-likeness (QED) is 0.773. The number of amides is 1. The Morgan fingerprint density at radius 1 is 1.33 bits per heavy atom. The molecule has 1 N–H and O–H groups in total. The Morgan fingerprint density at radius 3 is 2.67 bits per heavy atom. The number of allylic oxidation sites excluding steroid dienone is 1. The lowest BCUT2D eigenvalue weighted by molar-refractivity contribution is -0.0665. The van der Waals surface area contributed by atoms with Gasteiger partial charge in [0.05, 0.1) is 18.8 Å². The van der Waals surface area contributed by atoms with E-state index in [2.05, 4.69) is 6.08 Å². The molecule has 24 heavy (non-hydrogen) atoms. The Bertz CT molecular complexity index is 478. The largest absolute Gasteiger partial charge is 0.444 e. The summed E-state index contributed by atoms with van der Waals surface area (Å²) >= 11 is 0. The Hall–Kier alpha value is -1.07. The number of aliphatic hydroxyl groups excluding tert-OH is 1. The van der Waals surface area contributed by atoms with E-state index in [0.717, 1.165) is 24.8 Å². The van der Waals surface area contributed by atoms with Crippen molar-refractivity contribution in [2.75, 3.05) is 6.61 Å². The Kier molecular flexibility index (Phi) is 5.97. The minimum Gasteiger partial charge on any atom is -0.444 e. The molecule has 0 aromatic heterocycles. The van der Waals surface area contributed by atoms with Gasteiger partial charge in [0, 0.05) is 0 Å². The smallest absolute Gasteiger partial charge is 0.413 e. The molecule has 2 aliphatic rings. The normalized spacial score (nSPS) is 28.5. The summed E-state index contributed by atoms with van der Waals surface area (Å²) < 4.78 is 11.4. The number of aliphatic hydroxyl groups is 1. The number of hydrogen-bond acceptors (Lipinski definition) is 4. The van der Waals surface area contributed by atoms with Crippen LogP contribution in [0.4, 0.5) is 4.79 Å². The maximum atomic E-state index is 12.7. The topological polar surface area (TPSA) is 59.0 Å². The summed E-state index contributed by atoms with van der Waals surface area (Å²) in [5.41, 5.74) is -0.324. The summed E-state index contributed by atoms with van der Waals surface area (Å²) in [5.74, 6) is 0. The number of carbonyl (C=O) groups excluding carboxylic acids is 1. The number of ether oxygens (including phenoxy) is 2. The van der Waals surface area contributed by atoms with Gasteiger partial charge < -0.3 is 14.6 Å². The van der Waals surface area contributed by atoms with Gasteiger partial charge in [-0.3, -0.25) is 4.90 Å². The van der Waals surface area contributed by atoms with Crippen LogP contribution in [0.3, 0.4) is 0 Å². The molecule has 0 saturated carbocycles. The van der Waals surface area contributed by atoms with Gasteiger partial charge in [-0.1, -0.05) is 18.9 Å². The molecule has 5 nitrogen and oxygen atoms in total. The van der Waals surface area contributed by atoms with Crippen molar-refractivity contribution >= 4 is 6.09 Å². The van der Waals surface area contributed by atoms with E-state index < -0.39 is 29.6 Å². The average molecular weight is 339 g/mol. The van der Waals surface area contributed by atoms with Gasteiger partial charge in [-0.25, -0.2) is 4.79 Å². The molecule has 0 spiro atoms. The third kappa shape index (κ3) is 4.73. The maximum absolute atomic E-state index is 12.7. The number of nitrogens with zero attached hydrogens (tertiary/aromatic N) is 1. The number of rotatable bonds is 2. The molecule has 0 radical (unpaired) electrons. The molecule has 1 aliphatic heterocycles. The SMILES string of the molecule is CC(C)(C)OC(=O)N1C(C(O)/C2=C/CCCCCC2)COC1(C)C. The zero-order chi connectivity index (χ0) is 18.0. The van der Waals surface area contributed by atoms with Gasteiger partial charge >= 0.3 is 6.09 Å². The van der Waals surface area contributed by atoms with Gasteiger partial charge in [-0.15, -0.1) is 0 Å². The van der Waals surface area contributed by atoms with Crippen LogP contribution >= 0.6 is 0 Å².